The SMILES string of the molecule is CC1(c2ccc3ccccc3c2)OCC(CC(=O)Oc2ccc([S+](c3ccccc3)c3ccccc3)cc2)C(=O)O1. The fourth-order valence-corrected chi connectivity index (χ4v) is 7.01. The van der Waals surface area contributed by atoms with Gasteiger partial charge in [0.05, 0.1) is 29.8 Å². The van der Waals surface area contributed by atoms with Gasteiger partial charge in [-0.25, -0.2) is 0 Å². The van der Waals surface area contributed by atoms with Gasteiger partial charge in [-0.05, 0) is 65.4 Å². The summed E-state index contributed by atoms with van der Waals surface area (Å²) in [6, 6.07) is 42.0. The number of hydrogen-bond donors (Lipinski definition) is 0. The molecule has 1 fully saturated rings. The van der Waals surface area contributed by atoms with Crippen LogP contribution in [-0.4, -0.2) is 18.5 Å². The highest BCUT2D eigenvalue weighted by Crippen LogP contribution is 2.35. The molecule has 0 spiro atoms. The zero-order valence-corrected chi connectivity index (χ0v) is 23.4. The van der Waals surface area contributed by atoms with E-state index in [0.29, 0.717) is 5.75 Å². The van der Waals surface area contributed by atoms with E-state index >= 15 is 0 Å². The van der Waals surface area contributed by atoms with Crippen LogP contribution in [0.25, 0.3) is 10.8 Å². The van der Waals surface area contributed by atoms with Crippen LogP contribution in [0.1, 0.15) is 18.9 Å². The number of rotatable bonds is 7. The molecule has 5 nitrogen and oxygen atoms in total. The van der Waals surface area contributed by atoms with Crippen molar-refractivity contribution in [1.82, 2.24) is 0 Å². The van der Waals surface area contributed by atoms with E-state index in [4.69, 9.17) is 14.2 Å². The van der Waals surface area contributed by atoms with E-state index in [1.165, 1.54) is 9.79 Å². The van der Waals surface area contributed by atoms with Crippen LogP contribution in [0.3, 0.4) is 0 Å². The lowest BCUT2D eigenvalue weighted by atomic mass is 9.99. The summed E-state index contributed by atoms with van der Waals surface area (Å²) in [6.07, 6.45) is -0.132. The van der Waals surface area contributed by atoms with Crippen molar-refractivity contribution < 1.29 is 23.8 Å². The van der Waals surface area contributed by atoms with Gasteiger partial charge in [0.25, 0.3) is 0 Å². The van der Waals surface area contributed by atoms with E-state index in [1.54, 1.807) is 19.1 Å². The molecule has 5 aromatic carbocycles. The molecule has 2 atom stereocenters. The number of carbonyl (C=O) groups is 2. The van der Waals surface area contributed by atoms with Crippen LogP contribution < -0.4 is 4.74 Å². The summed E-state index contributed by atoms with van der Waals surface area (Å²) < 4.78 is 17.3. The standard InChI is InChI=1S/C35H29O5S/c1-35(28-17-16-25-10-8-9-11-26(25)22-28)38-24-27(34(37)40-35)23-33(36)39-29-18-20-32(21-19-29)41(30-12-4-2-5-13-30)31-14-6-3-7-15-31/h2-22,27H,23-24H2,1H3/q+1. The van der Waals surface area contributed by atoms with Crippen LogP contribution in [0.5, 0.6) is 5.75 Å². The van der Waals surface area contributed by atoms with Gasteiger partial charge in [-0.15, -0.1) is 0 Å². The predicted octanol–water partition coefficient (Wildman–Crippen LogP) is 7.29. The molecule has 6 heteroatoms. The van der Waals surface area contributed by atoms with Crippen molar-refractivity contribution in [2.24, 2.45) is 5.92 Å². The van der Waals surface area contributed by atoms with Crippen molar-refractivity contribution in [3.63, 3.8) is 0 Å². The maximum absolute atomic E-state index is 12.9. The minimum absolute atomic E-state index is 0.0626. The molecule has 1 saturated heterocycles. The summed E-state index contributed by atoms with van der Waals surface area (Å²) in [4.78, 5) is 29.2. The van der Waals surface area contributed by atoms with Crippen LogP contribution in [0, 0.1) is 5.92 Å². The van der Waals surface area contributed by atoms with Gasteiger partial charge in [-0.2, -0.15) is 0 Å². The van der Waals surface area contributed by atoms with Gasteiger partial charge in [-0.1, -0.05) is 72.8 Å². The van der Waals surface area contributed by atoms with Crippen molar-refractivity contribution in [2.75, 3.05) is 6.61 Å². The molecule has 204 valence electrons. The molecule has 0 aromatic heterocycles. The monoisotopic (exact) mass is 561 g/mol. The van der Waals surface area contributed by atoms with Crippen molar-refractivity contribution in [1.29, 1.82) is 0 Å². The van der Waals surface area contributed by atoms with Crippen LogP contribution >= 0.6 is 0 Å². The van der Waals surface area contributed by atoms with E-state index in [9.17, 15) is 9.59 Å². The molecule has 6 rings (SSSR count). The summed E-state index contributed by atoms with van der Waals surface area (Å²) in [5.41, 5.74) is 0.746. The first-order valence-corrected chi connectivity index (χ1v) is 14.7. The van der Waals surface area contributed by atoms with Crippen molar-refractivity contribution in [2.45, 2.75) is 33.8 Å². The minimum atomic E-state index is -1.22. The molecule has 1 aliphatic heterocycles. The Kier molecular flexibility index (Phi) is 7.59. The summed E-state index contributed by atoms with van der Waals surface area (Å²) in [5, 5.41) is 2.12. The van der Waals surface area contributed by atoms with Gasteiger partial charge in [0.15, 0.2) is 14.7 Å². The van der Waals surface area contributed by atoms with Crippen LogP contribution in [-0.2, 0) is 35.7 Å². The van der Waals surface area contributed by atoms with Gasteiger partial charge < -0.3 is 14.2 Å². The second-order valence-corrected chi connectivity index (χ2v) is 12.0. The Hall–Kier alpha value is -4.39. The normalized spacial score (nSPS) is 18.7. The maximum atomic E-state index is 12.9. The number of benzene rings is 5. The molecular formula is C35H29O5S+. The zero-order valence-electron chi connectivity index (χ0n) is 22.6. The highest BCUT2D eigenvalue weighted by atomic mass is 32.2. The first kappa shape index (κ1) is 26.8. The molecule has 0 amide bonds. The average Bonchev–Trinajstić information content (AvgIpc) is 3.00. The Balaban J connectivity index is 1.10. The Morgan fingerprint density at radius 2 is 1.37 bits per heavy atom. The predicted molar refractivity (Wildman–Crippen MR) is 159 cm³/mol. The third-order valence-electron chi connectivity index (χ3n) is 7.12. The average molecular weight is 562 g/mol. The molecule has 0 saturated carbocycles. The number of hydrogen-bond acceptors (Lipinski definition) is 5. The third-order valence-corrected chi connectivity index (χ3v) is 9.36. The van der Waals surface area contributed by atoms with Crippen LogP contribution in [0.2, 0.25) is 0 Å². The van der Waals surface area contributed by atoms with Crippen molar-refractivity contribution in [3.8, 4) is 5.75 Å². The summed E-state index contributed by atoms with van der Waals surface area (Å²) >= 11 is 0. The van der Waals surface area contributed by atoms with Gasteiger partial charge in [-0.3, -0.25) is 9.59 Å². The highest BCUT2D eigenvalue weighted by Gasteiger charge is 2.42. The van der Waals surface area contributed by atoms with Gasteiger partial charge in [0.2, 0.25) is 5.79 Å². The zero-order chi connectivity index (χ0) is 28.2. The molecule has 1 heterocycles. The highest BCUT2D eigenvalue weighted by molar-refractivity contribution is 7.97. The van der Waals surface area contributed by atoms with E-state index < -0.39 is 23.6 Å². The first-order chi connectivity index (χ1) is 20.0. The topological polar surface area (TPSA) is 61.8 Å². The van der Waals surface area contributed by atoms with Gasteiger partial charge in [0, 0.05) is 12.5 Å². The smallest absolute Gasteiger partial charge is 0.314 e. The third kappa shape index (κ3) is 5.89. The Morgan fingerprint density at radius 3 is 2.00 bits per heavy atom. The lowest BCUT2D eigenvalue weighted by Crippen LogP contribution is -2.44. The quantitative estimate of drug-likeness (QED) is 0.119. The second-order valence-electron chi connectivity index (χ2n) is 10.0. The lowest BCUT2D eigenvalue weighted by Gasteiger charge is -2.36. The molecule has 0 aliphatic carbocycles. The van der Waals surface area contributed by atoms with Crippen molar-refractivity contribution in [3.05, 3.63) is 133 Å². The van der Waals surface area contributed by atoms with Crippen LogP contribution in [0.4, 0.5) is 0 Å². The second kappa shape index (κ2) is 11.6. The summed E-state index contributed by atoms with van der Waals surface area (Å²) in [7, 11) is -0.296. The van der Waals surface area contributed by atoms with E-state index in [-0.39, 0.29) is 23.9 Å². The number of carbonyl (C=O) groups excluding carboxylic acids is 2. The van der Waals surface area contributed by atoms with Crippen molar-refractivity contribution >= 4 is 33.6 Å². The Bertz CT molecular complexity index is 1630. The molecule has 5 aromatic rings. The summed E-state index contributed by atoms with van der Waals surface area (Å²) in [6.45, 7) is 1.79. The van der Waals surface area contributed by atoms with E-state index in [2.05, 4.69) is 24.3 Å². The molecule has 0 radical (unpaired) electrons. The molecular weight excluding hydrogens is 532 g/mol. The van der Waals surface area contributed by atoms with Gasteiger partial charge in [0.1, 0.15) is 5.75 Å². The molecule has 0 bridgehead atoms. The molecule has 1 aliphatic rings. The Morgan fingerprint density at radius 1 is 0.780 bits per heavy atom. The van der Waals surface area contributed by atoms with E-state index in [1.807, 2.05) is 91.0 Å². The van der Waals surface area contributed by atoms with Gasteiger partial charge >= 0.3 is 11.9 Å². The first-order valence-electron chi connectivity index (χ1n) is 13.5. The number of ether oxygens (including phenoxy) is 3. The van der Waals surface area contributed by atoms with E-state index in [0.717, 1.165) is 21.2 Å². The molecule has 41 heavy (non-hydrogen) atoms. The summed E-state index contributed by atoms with van der Waals surface area (Å²) in [5.74, 6) is -2.52. The molecule has 2 unspecified atom stereocenters. The fourth-order valence-electron chi connectivity index (χ4n) is 4.93. The fraction of sp³-hybridized carbons (Fsp3) is 0.143. The molecule has 0 N–H and O–H groups in total. The number of fused-ring (bicyclic) bond motifs is 1. The number of esters is 2. The number of cyclic esters (lactones) is 1. The Labute approximate surface area is 242 Å². The largest absolute Gasteiger partial charge is 0.429 e. The maximum Gasteiger partial charge on any atom is 0.314 e. The lowest BCUT2D eigenvalue weighted by molar-refractivity contribution is -0.263. The minimum Gasteiger partial charge on any atom is -0.429 e. The van der Waals surface area contributed by atoms with Crippen LogP contribution in [0.15, 0.2) is 142 Å².